The van der Waals surface area contributed by atoms with E-state index in [4.69, 9.17) is 0 Å². The van der Waals surface area contributed by atoms with E-state index in [9.17, 15) is 4.79 Å². The number of ketones is 1. The van der Waals surface area contributed by atoms with Gasteiger partial charge in [-0.2, -0.15) is 0 Å². The van der Waals surface area contributed by atoms with Crippen molar-refractivity contribution in [2.75, 3.05) is 0 Å². The molecule has 0 heterocycles. The summed E-state index contributed by atoms with van der Waals surface area (Å²) >= 11 is 0. The molecule has 0 fully saturated rings. The lowest BCUT2D eigenvalue weighted by Crippen LogP contribution is -2.40. The van der Waals surface area contributed by atoms with E-state index in [0.29, 0.717) is 11.8 Å². The second-order valence-corrected chi connectivity index (χ2v) is 3.60. The van der Waals surface area contributed by atoms with Gasteiger partial charge in [-0.05, 0) is 6.92 Å². The van der Waals surface area contributed by atoms with Gasteiger partial charge in [0, 0.05) is 12.0 Å². The van der Waals surface area contributed by atoms with Gasteiger partial charge in [-0.3, -0.25) is 4.79 Å². The van der Waals surface area contributed by atoms with Crippen LogP contribution in [0.5, 0.6) is 0 Å². The van der Waals surface area contributed by atoms with Crippen molar-refractivity contribution in [1.29, 1.82) is 0 Å². The maximum Gasteiger partial charge on any atom is 0.151 e. The summed E-state index contributed by atoms with van der Waals surface area (Å²) in [5, 5.41) is 3.17. The first-order valence-electron chi connectivity index (χ1n) is 4.25. The quantitative estimate of drug-likeness (QED) is 0.671. The summed E-state index contributed by atoms with van der Waals surface area (Å²) in [4.78, 5) is 11.3. The highest BCUT2D eigenvalue weighted by Gasteiger charge is 2.15. The van der Waals surface area contributed by atoms with Crippen LogP contribution in [0, 0.1) is 5.92 Å². The molecule has 0 aromatic heterocycles. The van der Waals surface area contributed by atoms with Crippen LogP contribution in [0.3, 0.4) is 0 Å². The zero-order valence-corrected chi connectivity index (χ0v) is 8.14. The van der Waals surface area contributed by atoms with Crippen molar-refractivity contribution in [2.24, 2.45) is 5.92 Å². The minimum Gasteiger partial charge on any atom is -0.305 e. The third-order valence-electron chi connectivity index (χ3n) is 1.58. The summed E-state index contributed by atoms with van der Waals surface area (Å²) in [6.45, 7) is 9.87. The van der Waals surface area contributed by atoms with Crippen LogP contribution in [-0.4, -0.2) is 17.9 Å². The molecule has 66 valence electrons. The van der Waals surface area contributed by atoms with Gasteiger partial charge in [0.05, 0.1) is 6.04 Å². The van der Waals surface area contributed by atoms with Crippen molar-refractivity contribution in [3.05, 3.63) is 0 Å². The summed E-state index contributed by atoms with van der Waals surface area (Å²) in [7, 11) is 0. The molecule has 0 saturated carbocycles. The number of carbonyl (C=O) groups excluding carboxylic acids is 1. The van der Waals surface area contributed by atoms with Crippen LogP contribution >= 0.6 is 0 Å². The normalized spacial score (nSPS) is 14.1. The topological polar surface area (TPSA) is 29.1 Å². The van der Waals surface area contributed by atoms with E-state index in [2.05, 4.69) is 5.32 Å². The van der Waals surface area contributed by atoms with Gasteiger partial charge < -0.3 is 5.32 Å². The maximum atomic E-state index is 11.3. The average Bonchev–Trinajstić information content (AvgIpc) is 1.84. The highest BCUT2D eigenvalue weighted by atomic mass is 16.1. The molecule has 0 saturated heterocycles. The minimum atomic E-state index is -0.00463. The van der Waals surface area contributed by atoms with E-state index < -0.39 is 0 Å². The Morgan fingerprint density at radius 1 is 1.09 bits per heavy atom. The van der Waals surface area contributed by atoms with E-state index in [1.54, 1.807) is 0 Å². The molecular formula is C9H19NO. The van der Waals surface area contributed by atoms with Crippen LogP contribution < -0.4 is 5.32 Å². The lowest BCUT2D eigenvalue weighted by molar-refractivity contribution is -0.123. The number of hydrogen-bond acceptors (Lipinski definition) is 2. The highest BCUT2D eigenvalue weighted by molar-refractivity contribution is 5.85. The summed E-state index contributed by atoms with van der Waals surface area (Å²) in [5.41, 5.74) is 0. The predicted octanol–water partition coefficient (Wildman–Crippen LogP) is 1.60. The van der Waals surface area contributed by atoms with Crippen LogP contribution in [0.4, 0.5) is 0 Å². The Balaban J connectivity index is 3.83. The van der Waals surface area contributed by atoms with E-state index >= 15 is 0 Å². The molecule has 0 aromatic carbocycles. The molecule has 2 nitrogen and oxygen atoms in total. The third kappa shape index (κ3) is 4.14. The van der Waals surface area contributed by atoms with Crippen LogP contribution in [0.1, 0.15) is 34.6 Å². The number of Topliss-reactive ketones (excluding diaryl/α,β-unsaturated/α-hetero) is 1. The van der Waals surface area contributed by atoms with E-state index in [-0.39, 0.29) is 12.0 Å². The Bertz CT molecular complexity index is 130. The molecule has 11 heavy (non-hydrogen) atoms. The monoisotopic (exact) mass is 157 g/mol. The Morgan fingerprint density at radius 2 is 1.55 bits per heavy atom. The van der Waals surface area contributed by atoms with Crippen LogP contribution in [-0.2, 0) is 4.79 Å². The van der Waals surface area contributed by atoms with Crippen LogP contribution in [0.15, 0.2) is 0 Å². The number of rotatable bonds is 4. The van der Waals surface area contributed by atoms with Gasteiger partial charge in [-0.15, -0.1) is 0 Å². The first-order chi connectivity index (χ1) is 4.95. The number of hydrogen-bond donors (Lipinski definition) is 1. The average molecular weight is 157 g/mol. The smallest absolute Gasteiger partial charge is 0.151 e. The summed E-state index contributed by atoms with van der Waals surface area (Å²) in [6, 6.07) is 0.377. The van der Waals surface area contributed by atoms with Gasteiger partial charge >= 0.3 is 0 Å². The van der Waals surface area contributed by atoms with Gasteiger partial charge in [-0.1, -0.05) is 27.7 Å². The summed E-state index contributed by atoms with van der Waals surface area (Å²) in [6.07, 6.45) is 0. The number of carbonyl (C=O) groups is 1. The molecule has 0 aliphatic heterocycles. The Morgan fingerprint density at radius 3 is 1.82 bits per heavy atom. The molecular weight excluding hydrogens is 138 g/mol. The molecule has 1 atom stereocenters. The fourth-order valence-electron chi connectivity index (χ4n) is 1.08. The van der Waals surface area contributed by atoms with Crippen LogP contribution in [0.2, 0.25) is 0 Å². The highest BCUT2D eigenvalue weighted by Crippen LogP contribution is 1.99. The minimum absolute atomic E-state index is 0.00463. The van der Waals surface area contributed by atoms with E-state index in [1.165, 1.54) is 0 Å². The second kappa shape index (κ2) is 4.50. The molecule has 0 aliphatic carbocycles. The van der Waals surface area contributed by atoms with Gasteiger partial charge in [-0.25, -0.2) is 0 Å². The molecule has 2 heteroatoms. The van der Waals surface area contributed by atoms with Crippen molar-refractivity contribution in [1.82, 2.24) is 5.32 Å². The molecule has 0 aliphatic rings. The van der Waals surface area contributed by atoms with Crippen LogP contribution in [0.25, 0.3) is 0 Å². The molecule has 1 N–H and O–H groups in total. The van der Waals surface area contributed by atoms with Crippen molar-refractivity contribution in [3.63, 3.8) is 0 Å². The third-order valence-corrected chi connectivity index (χ3v) is 1.58. The summed E-state index contributed by atoms with van der Waals surface area (Å²) < 4.78 is 0. The Kier molecular flexibility index (Phi) is 4.34. The SMILES string of the molecule is CC(C)N[C@@H](C)C(=O)C(C)C. The molecule has 0 radical (unpaired) electrons. The lowest BCUT2D eigenvalue weighted by Gasteiger charge is -2.17. The molecule has 0 amide bonds. The Hall–Kier alpha value is -0.370. The van der Waals surface area contributed by atoms with Crippen molar-refractivity contribution < 1.29 is 4.79 Å². The standard InChI is InChI=1S/C9H19NO/c1-6(2)9(11)8(5)10-7(3)4/h6-8,10H,1-5H3/t8-/m0/s1. The van der Waals surface area contributed by atoms with Gasteiger partial charge in [0.15, 0.2) is 5.78 Å². The zero-order valence-electron chi connectivity index (χ0n) is 8.14. The Labute approximate surface area is 69.4 Å². The van der Waals surface area contributed by atoms with E-state index in [0.717, 1.165) is 0 Å². The fraction of sp³-hybridized carbons (Fsp3) is 0.889. The first kappa shape index (κ1) is 10.6. The molecule has 0 unspecified atom stereocenters. The van der Waals surface area contributed by atoms with Gasteiger partial charge in [0.1, 0.15) is 0 Å². The molecule has 0 aromatic rings. The lowest BCUT2D eigenvalue weighted by atomic mass is 10.0. The molecule has 0 rings (SSSR count). The van der Waals surface area contributed by atoms with Gasteiger partial charge in [0.2, 0.25) is 0 Å². The molecule has 0 bridgehead atoms. The first-order valence-corrected chi connectivity index (χ1v) is 4.25. The van der Waals surface area contributed by atoms with Crippen molar-refractivity contribution in [3.8, 4) is 0 Å². The largest absolute Gasteiger partial charge is 0.305 e. The van der Waals surface area contributed by atoms with E-state index in [1.807, 2.05) is 34.6 Å². The second-order valence-electron chi connectivity index (χ2n) is 3.60. The van der Waals surface area contributed by atoms with Crippen molar-refractivity contribution >= 4 is 5.78 Å². The van der Waals surface area contributed by atoms with Crippen molar-refractivity contribution in [2.45, 2.75) is 46.7 Å². The maximum absolute atomic E-state index is 11.3. The number of nitrogens with one attached hydrogen (secondary N) is 1. The zero-order chi connectivity index (χ0) is 9.02. The predicted molar refractivity (Wildman–Crippen MR) is 47.6 cm³/mol. The molecule has 0 spiro atoms. The van der Waals surface area contributed by atoms with Gasteiger partial charge in [0.25, 0.3) is 0 Å². The summed E-state index contributed by atoms with van der Waals surface area (Å²) in [5.74, 6) is 0.426. The fourth-order valence-corrected chi connectivity index (χ4v) is 1.08.